The van der Waals surface area contributed by atoms with E-state index in [1.165, 1.54) is 18.2 Å². The van der Waals surface area contributed by atoms with Gasteiger partial charge in [0.25, 0.3) is 0 Å². The van der Waals surface area contributed by atoms with Gasteiger partial charge in [0.1, 0.15) is 0 Å². The van der Waals surface area contributed by atoms with Gasteiger partial charge in [0, 0.05) is 0 Å². The van der Waals surface area contributed by atoms with Crippen LogP contribution in [0.1, 0.15) is 22.8 Å². The van der Waals surface area contributed by atoms with Crippen LogP contribution in [0.4, 0.5) is 9.59 Å². The molecule has 0 aliphatic heterocycles. The van der Waals surface area contributed by atoms with Crippen LogP contribution in [0.3, 0.4) is 0 Å². The molecule has 1 unspecified atom stereocenters. The number of alkyl carbamates (subject to hydrolysis) is 1. The predicted octanol–water partition coefficient (Wildman–Crippen LogP) is 1.46. The van der Waals surface area contributed by atoms with Gasteiger partial charge in [-0.3, -0.25) is 0 Å². The standard InChI is InChI=1S/C23H28AsN3O8/c1-2-34-23(33)27-18(21(30)31)14-25-20(29)17-9-8-16(12-19(17)28)35-11-10-24-22(32)26-13-15-6-4-3-5-7-15/h3-9,12,18,24,28H,2,10-11,13-14H2,1H3,(H,25,29)(H,26,32)(H,27,33)(H,30,31)/t18-/m0/s1. The van der Waals surface area contributed by atoms with Gasteiger partial charge in [0.2, 0.25) is 0 Å². The topological polar surface area (TPSA) is 163 Å². The van der Waals surface area contributed by atoms with Crippen molar-refractivity contribution in [3.05, 3.63) is 59.7 Å². The fourth-order valence-electron chi connectivity index (χ4n) is 2.77. The van der Waals surface area contributed by atoms with Gasteiger partial charge in [-0.05, 0) is 6.92 Å². The van der Waals surface area contributed by atoms with E-state index in [-0.39, 0.29) is 29.2 Å². The molecule has 5 N–H and O–H groups in total. The number of amides is 3. The summed E-state index contributed by atoms with van der Waals surface area (Å²) in [6.45, 7) is 1.98. The van der Waals surface area contributed by atoms with Crippen molar-refractivity contribution in [2.24, 2.45) is 0 Å². The normalized spacial score (nSPS) is 11.5. The zero-order valence-electron chi connectivity index (χ0n) is 19.1. The first-order valence-corrected chi connectivity index (χ1v) is 13.3. The number of hydrogen-bond acceptors (Lipinski definition) is 7. The number of nitrogens with one attached hydrogen (secondary N) is 3. The van der Waals surface area contributed by atoms with Crippen molar-refractivity contribution in [2.45, 2.75) is 24.7 Å². The van der Waals surface area contributed by atoms with Gasteiger partial charge in [-0.15, -0.1) is 0 Å². The first kappa shape index (κ1) is 27.5. The minimum absolute atomic E-state index is 0.0180. The fraction of sp³-hybridized carbons (Fsp3) is 0.304. The van der Waals surface area contributed by atoms with Gasteiger partial charge < -0.3 is 9.84 Å². The number of aromatic hydroxyl groups is 1. The third-order valence-corrected chi connectivity index (χ3v) is 6.50. The zero-order valence-corrected chi connectivity index (χ0v) is 21.2. The molecule has 0 aliphatic rings. The fourth-order valence-corrected chi connectivity index (χ4v) is 4.12. The number of hydrogen-bond donors (Lipinski definition) is 5. The number of phenolic OH excluding ortho intramolecular Hbond substituents is 1. The summed E-state index contributed by atoms with van der Waals surface area (Å²) in [5.41, 5.74) is 0.934. The molecule has 3 amide bonds. The number of rotatable bonds is 13. The van der Waals surface area contributed by atoms with Crippen LogP contribution in [0.25, 0.3) is 0 Å². The van der Waals surface area contributed by atoms with Crippen molar-refractivity contribution >= 4 is 38.4 Å². The van der Waals surface area contributed by atoms with E-state index in [0.29, 0.717) is 17.5 Å². The Kier molecular flexibility index (Phi) is 11.4. The number of ether oxygens (including phenoxy) is 2. The third-order valence-electron chi connectivity index (χ3n) is 4.50. The summed E-state index contributed by atoms with van der Waals surface area (Å²) >= 11 is -0.917. The van der Waals surface area contributed by atoms with Crippen molar-refractivity contribution < 1.29 is 38.9 Å². The van der Waals surface area contributed by atoms with Crippen LogP contribution < -0.4 is 20.7 Å². The number of aliphatic carboxylic acids is 1. The summed E-state index contributed by atoms with van der Waals surface area (Å²) < 4.78 is 10.2. The Labute approximate surface area is 208 Å². The second kappa shape index (κ2) is 14.5. The molecule has 2 rings (SSSR count). The van der Waals surface area contributed by atoms with Gasteiger partial charge in [-0.1, -0.05) is 0 Å². The maximum atomic E-state index is 12.3. The second-order valence-corrected chi connectivity index (χ2v) is 9.83. The Morgan fingerprint density at radius 3 is 2.46 bits per heavy atom. The van der Waals surface area contributed by atoms with Gasteiger partial charge in [-0.25, -0.2) is 9.59 Å². The predicted molar refractivity (Wildman–Crippen MR) is 128 cm³/mol. The van der Waals surface area contributed by atoms with E-state index in [1.807, 2.05) is 30.3 Å². The van der Waals surface area contributed by atoms with Crippen LogP contribution >= 0.6 is 0 Å². The summed E-state index contributed by atoms with van der Waals surface area (Å²) in [5.74, 6) is -2.12. The molecule has 2 aromatic carbocycles. The van der Waals surface area contributed by atoms with Crippen LogP contribution in [-0.4, -0.2) is 74.4 Å². The molecule has 2 aromatic rings. The molecule has 12 heteroatoms. The van der Waals surface area contributed by atoms with Crippen molar-refractivity contribution in [3.8, 4) is 11.5 Å². The van der Waals surface area contributed by atoms with E-state index in [0.717, 1.165) is 5.56 Å². The van der Waals surface area contributed by atoms with Crippen LogP contribution in [0.2, 0.25) is 5.21 Å². The third kappa shape index (κ3) is 9.97. The van der Waals surface area contributed by atoms with Crippen LogP contribution in [0, 0.1) is 0 Å². The van der Waals surface area contributed by atoms with E-state index in [2.05, 4.69) is 20.7 Å². The number of carbonyl (C=O) groups is 4. The number of carboxylic acids is 1. The summed E-state index contributed by atoms with van der Waals surface area (Å²) in [5, 5.41) is 27.3. The quantitative estimate of drug-likeness (QED) is 0.185. The van der Waals surface area contributed by atoms with E-state index in [1.54, 1.807) is 6.92 Å². The number of carbonyl (C=O) groups excluding carboxylic acids is 3. The molecule has 188 valence electrons. The molecule has 0 radical (unpaired) electrons. The number of carboxylic acid groups (broad SMARTS) is 1. The van der Waals surface area contributed by atoms with E-state index < -0.39 is 46.3 Å². The molecule has 0 saturated carbocycles. The summed E-state index contributed by atoms with van der Waals surface area (Å²) in [4.78, 5) is 47.0. The van der Waals surface area contributed by atoms with E-state index in [9.17, 15) is 29.4 Å². The monoisotopic (exact) mass is 549 g/mol. The Hall–Kier alpha value is -3.72. The average Bonchev–Trinajstić information content (AvgIpc) is 2.83. The minimum atomic E-state index is -1.41. The zero-order chi connectivity index (χ0) is 25.6. The Bertz CT molecular complexity index is 1020. The molecule has 0 fully saturated rings. The average molecular weight is 549 g/mol. The molecule has 35 heavy (non-hydrogen) atoms. The number of phenols is 1. The van der Waals surface area contributed by atoms with Gasteiger partial charge in [-0.2, -0.15) is 0 Å². The van der Waals surface area contributed by atoms with Crippen molar-refractivity contribution in [3.63, 3.8) is 0 Å². The molecule has 0 saturated heterocycles. The SMILES string of the molecule is CCOC(=O)N[C@@H](CNC(=O)c1ccc(OCC[AsH]C(=O)NCc2ccccc2)cc1O)C(=O)O. The van der Waals surface area contributed by atoms with Crippen LogP contribution in [-0.2, 0) is 16.1 Å². The summed E-state index contributed by atoms with van der Waals surface area (Å²) in [6, 6.07) is 12.3. The van der Waals surface area contributed by atoms with Gasteiger partial charge in [0.15, 0.2) is 0 Å². The van der Waals surface area contributed by atoms with Crippen molar-refractivity contribution in [2.75, 3.05) is 19.8 Å². The summed E-state index contributed by atoms with van der Waals surface area (Å²) in [6.07, 6.45) is -0.921. The molecular formula is C23H28AsN3O8. The molecule has 2 atom stereocenters. The van der Waals surface area contributed by atoms with Crippen LogP contribution in [0.15, 0.2) is 48.5 Å². The van der Waals surface area contributed by atoms with Crippen molar-refractivity contribution in [1.82, 2.24) is 16.0 Å². The molecular weight excluding hydrogens is 521 g/mol. The first-order valence-electron chi connectivity index (χ1n) is 10.8. The Morgan fingerprint density at radius 2 is 1.80 bits per heavy atom. The molecule has 0 spiro atoms. The Morgan fingerprint density at radius 1 is 1.06 bits per heavy atom. The van der Waals surface area contributed by atoms with E-state index >= 15 is 0 Å². The number of benzene rings is 2. The van der Waals surface area contributed by atoms with Gasteiger partial charge in [0.05, 0.1) is 6.61 Å². The molecule has 11 nitrogen and oxygen atoms in total. The molecule has 0 aliphatic carbocycles. The van der Waals surface area contributed by atoms with Gasteiger partial charge >= 0.3 is 176 Å². The van der Waals surface area contributed by atoms with Crippen molar-refractivity contribution in [1.29, 1.82) is 0 Å². The van der Waals surface area contributed by atoms with Crippen LogP contribution in [0.5, 0.6) is 11.5 Å². The second-order valence-electron chi connectivity index (χ2n) is 7.09. The molecule has 0 heterocycles. The summed E-state index contributed by atoms with van der Waals surface area (Å²) in [7, 11) is 0. The minimum Gasteiger partial charge on any atom is -0.480 e. The molecule has 0 aromatic heterocycles. The maximum absolute atomic E-state index is 12.3. The molecule has 0 bridgehead atoms. The van der Waals surface area contributed by atoms with E-state index in [4.69, 9.17) is 4.74 Å². The first-order chi connectivity index (χ1) is 16.8. The smallest absolute Gasteiger partial charge is 0.480 e. The Balaban J connectivity index is 1.76.